The van der Waals surface area contributed by atoms with Crippen LogP contribution in [0.25, 0.3) is 22.2 Å². The summed E-state index contributed by atoms with van der Waals surface area (Å²) in [5, 5.41) is 14.4. The van der Waals surface area contributed by atoms with Gasteiger partial charge in [0.05, 0.1) is 18.1 Å². The average Bonchev–Trinajstić information content (AvgIpc) is 3.51. The number of aromatic nitrogens is 2. The van der Waals surface area contributed by atoms with Crippen molar-refractivity contribution in [2.45, 2.75) is 25.7 Å². The molecule has 1 fully saturated rings. The van der Waals surface area contributed by atoms with Crippen LogP contribution in [0.15, 0.2) is 57.6 Å². The minimum absolute atomic E-state index is 0.0116. The van der Waals surface area contributed by atoms with Crippen molar-refractivity contribution < 1.29 is 13.9 Å². The first-order valence-electron chi connectivity index (χ1n) is 10.5. The Bertz CT molecular complexity index is 1200. The van der Waals surface area contributed by atoms with Crippen molar-refractivity contribution in [3.8, 4) is 17.2 Å². The highest BCUT2D eigenvalue weighted by Gasteiger charge is 2.31. The Morgan fingerprint density at radius 3 is 2.97 bits per heavy atom. The van der Waals surface area contributed by atoms with Gasteiger partial charge in [-0.25, -0.2) is 0 Å². The van der Waals surface area contributed by atoms with E-state index in [0.717, 1.165) is 29.2 Å². The summed E-state index contributed by atoms with van der Waals surface area (Å²) in [7, 11) is 0. The molecule has 3 heterocycles. The smallest absolute Gasteiger partial charge is 0.258 e. The van der Waals surface area contributed by atoms with Crippen LogP contribution >= 0.6 is 11.3 Å². The molecule has 0 aliphatic carbocycles. The first kappa shape index (κ1) is 19.8. The van der Waals surface area contributed by atoms with Crippen LogP contribution in [0.1, 0.15) is 41.9 Å². The normalized spacial score (nSPS) is 16.5. The quantitative estimate of drug-likeness (QED) is 0.423. The molecule has 0 N–H and O–H groups in total. The number of carbonyl (C=O) groups is 1. The van der Waals surface area contributed by atoms with Crippen LogP contribution in [-0.4, -0.2) is 40.7 Å². The van der Waals surface area contributed by atoms with Crippen LogP contribution < -0.4 is 4.74 Å². The summed E-state index contributed by atoms with van der Waals surface area (Å²) < 4.78 is 11.8. The topological polar surface area (TPSA) is 68.5 Å². The minimum Gasteiger partial charge on any atom is -0.493 e. The lowest BCUT2D eigenvalue weighted by Gasteiger charge is -2.32. The maximum absolute atomic E-state index is 13.7. The number of piperidine rings is 1. The summed E-state index contributed by atoms with van der Waals surface area (Å²) >= 11 is 1.59. The summed E-state index contributed by atoms with van der Waals surface area (Å²) in [6, 6.07) is 13.8. The Morgan fingerprint density at radius 1 is 1.23 bits per heavy atom. The van der Waals surface area contributed by atoms with Gasteiger partial charge in [-0.1, -0.05) is 30.3 Å². The van der Waals surface area contributed by atoms with Crippen LogP contribution in [-0.2, 0) is 0 Å². The molecule has 1 aliphatic rings. The molecule has 2 aromatic heterocycles. The zero-order chi connectivity index (χ0) is 21.2. The molecule has 31 heavy (non-hydrogen) atoms. The second-order valence-corrected chi connectivity index (χ2v) is 8.42. The van der Waals surface area contributed by atoms with Gasteiger partial charge >= 0.3 is 0 Å². The Balaban J connectivity index is 1.43. The monoisotopic (exact) mass is 433 g/mol. The lowest BCUT2D eigenvalue weighted by Crippen LogP contribution is -2.39. The summed E-state index contributed by atoms with van der Waals surface area (Å²) in [6.07, 6.45) is 1.81. The van der Waals surface area contributed by atoms with E-state index < -0.39 is 0 Å². The molecule has 1 amide bonds. The molecule has 2 aromatic carbocycles. The van der Waals surface area contributed by atoms with Gasteiger partial charge in [0.15, 0.2) is 0 Å². The highest BCUT2D eigenvalue weighted by Crippen LogP contribution is 2.33. The molecule has 1 saturated heterocycles. The van der Waals surface area contributed by atoms with Crippen LogP contribution in [0.5, 0.6) is 5.75 Å². The fraction of sp³-hybridized carbons (Fsp3) is 0.292. The van der Waals surface area contributed by atoms with Crippen molar-refractivity contribution in [2.75, 3.05) is 19.7 Å². The molecule has 5 rings (SSSR count). The van der Waals surface area contributed by atoms with Crippen molar-refractivity contribution in [3.63, 3.8) is 0 Å². The number of fused-ring (bicyclic) bond motifs is 1. The largest absolute Gasteiger partial charge is 0.493 e. The van der Waals surface area contributed by atoms with Crippen molar-refractivity contribution in [1.29, 1.82) is 0 Å². The van der Waals surface area contributed by atoms with Gasteiger partial charge in [0.25, 0.3) is 5.91 Å². The van der Waals surface area contributed by atoms with Crippen LogP contribution in [0.3, 0.4) is 0 Å². The summed E-state index contributed by atoms with van der Waals surface area (Å²) in [5.41, 5.74) is 1.56. The molecule has 158 valence electrons. The molecule has 6 nitrogen and oxygen atoms in total. The number of rotatable bonds is 5. The molecule has 1 unspecified atom stereocenters. The van der Waals surface area contributed by atoms with E-state index in [-0.39, 0.29) is 11.8 Å². The third kappa shape index (κ3) is 3.81. The second-order valence-electron chi connectivity index (χ2n) is 7.64. The van der Waals surface area contributed by atoms with Gasteiger partial charge in [0.2, 0.25) is 11.8 Å². The molecule has 1 atom stereocenters. The SMILES string of the molecule is CCOc1ccc2ccccc2c1C(=O)N1CCCC(c2nnc(-c3ccsc3)o2)C1. The number of hydrogen-bond donors (Lipinski definition) is 0. The molecule has 0 saturated carbocycles. The fourth-order valence-electron chi connectivity index (χ4n) is 4.17. The molecule has 0 bridgehead atoms. The lowest BCUT2D eigenvalue weighted by atomic mass is 9.96. The minimum atomic E-state index is -0.0116. The Labute approximate surface area is 184 Å². The van der Waals surface area contributed by atoms with Crippen LogP contribution in [0.2, 0.25) is 0 Å². The van der Waals surface area contributed by atoms with Gasteiger partial charge in [0, 0.05) is 24.0 Å². The molecular formula is C24H23N3O3S. The van der Waals surface area contributed by atoms with E-state index >= 15 is 0 Å². The number of amides is 1. The van der Waals surface area contributed by atoms with Crippen LogP contribution in [0, 0.1) is 0 Å². The highest BCUT2D eigenvalue weighted by atomic mass is 32.1. The molecule has 0 radical (unpaired) electrons. The van der Waals surface area contributed by atoms with Crippen molar-refractivity contribution in [3.05, 3.63) is 64.7 Å². The molecule has 0 spiro atoms. The average molecular weight is 434 g/mol. The fourth-order valence-corrected chi connectivity index (χ4v) is 4.80. The third-order valence-electron chi connectivity index (χ3n) is 5.67. The van der Waals surface area contributed by atoms with E-state index in [1.54, 1.807) is 11.3 Å². The van der Waals surface area contributed by atoms with Crippen molar-refractivity contribution in [1.82, 2.24) is 15.1 Å². The molecule has 4 aromatic rings. The van der Waals surface area contributed by atoms with E-state index in [4.69, 9.17) is 9.15 Å². The standard InChI is InChI=1S/C24H23N3O3S/c1-2-29-20-10-9-16-6-3-4-8-19(16)21(20)24(28)27-12-5-7-17(14-27)22-25-26-23(30-22)18-11-13-31-15-18/h3-4,6,8-11,13,15,17H,2,5,7,12,14H2,1H3. The van der Waals surface area contributed by atoms with E-state index in [9.17, 15) is 4.79 Å². The van der Waals surface area contributed by atoms with Gasteiger partial charge in [-0.05, 0) is 48.1 Å². The number of likely N-dealkylation sites (tertiary alicyclic amines) is 1. The van der Waals surface area contributed by atoms with E-state index in [1.165, 1.54) is 0 Å². The summed E-state index contributed by atoms with van der Waals surface area (Å²) in [5.74, 6) is 1.78. The van der Waals surface area contributed by atoms with Crippen LogP contribution in [0.4, 0.5) is 0 Å². The predicted molar refractivity (Wildman–Crippen MR) is 121 cm³/mol. The highest BCUT2D eigenvalue weighted by molar-refractivity contribution is 7.08. The maximum Gasteiger partial charge on any atom is 0.258 e. The van der Waals surface area contributed by atoms with Gasteiger partial charge in [-0.3, -0.25) is 4.79 Å². The molecular weight excluding hydrogens is 410 g/mol. The number of hydrogen-bond acceptors (Lipinski definition) is 6. The first-order chi connectivity index (χ1) is 15.2. The number of nitrogens with zero attached hydrogens (tertiary/aromatic N) is 3. The second kappa shape index (κ2) is 8.51. The third-order valence-corrected chi connectivity index (χ3v) is 6.35. The van der Waals surface area contributed by atoms with Crippen molar-refractivity contribution >= 4 is 28.0 Å². The number of thiophene rings is 1. The van der Waals surface area contributed by atoms with E-state index in [1.807, 2.05) is 65.0 Å². The number of carbonyl (C=O) groups excluding carboxylic acids is 1. The van der Waals surface area contributed by atoms with Crippen molar-refractivity contribution in [2.24, 2.45) is 0 Å². The Hall–Kier alpha value is -3.19. The lowest BCUT2D eigenvalue weighted by molar-refractivity contribution is 0.0696. The van der Waals surface area contributed by atoms with Gasteiger partial charge in [-0.2, -0.15) is 11.3 Å². The Morgan fingerprint density at radius 2 is 2.13 bits per heavy atom. The van der Waals surface area contributed by atoms with Gasteiger partial charge in [-0.15, -0.1) is 10.2 Å². The molecule has 7 heteroatoms. The first-order valence-corrected chi connectivity index (χ1v) is 11.5. The molecule has 1 aliphatic heterocycles. The Kier molecular flexibility index (Phi) is 5.42. The zero-order valence-corrected chi connectivity index (χ0v) is 18.1. The van der Waals surface area contributed by atoms with Gasteiger partial charge < -0.3 is 14.1 Å². The predicted octanol–water partition coefficient (Wildman–Crippen LogP) is 5.37. The zero-order valence-electron chi connectivity index (χ0n) is 17.3. The summed E-state index contributed by atoms with van der Waals surface area (Å²) in [4.78, 5) is 15.6. The number of benzene rings is 2. The van der Waals surface area contributed by atoms with E-state index in [0.29, 0.717) is 42.8 Å². The summed E-state index contributed by atoms with van der Waals surface area (Å²) in [6.45, 7) is 3.70. The van der Waals surface area contributed by atoms with E-state index in [2.05, 4.69) is 10.2 Å². The number of ether oxygens (including phenoxy) is 1. The van der Waals surface area contributed by atoms with Gasteiger partial charge in [0.1, 0.15) is 5.75 Å². The maximum atomic E-state index is 13.7.